The fourth-order valence-electron chi connectivity index (χ4n) is 1.57. The first-order valence-corrected chi connectivity index (χ1v) is 9.71. The molecule has 0 aliphatic carbocycles. The molecule has 0 fully saturated rings. The third-order valence-electron chi connectivity index (χ3n) is 2.71. The summed E-state index contributed by atoms with van der Waals surface area (Å²) in [6, 6.07) is 1.92. The van der Waals surface area contributed by atoms with Crippen LogP contribution in [0.5, 0.6) is 0 Å². The van der Waals surface area contributed by atoms with Crippen LogP contribution in [0.4, 0.5) is 0 Å². The van der Waals surface area contributed by atoms with Crippen LogP contribution in [0.15, 0.2) is 15.9 Å². The van der Waals surface area contributed by atoms with Crippen molar-refractivity contribution < 1.29 is 8.42 Å². The number of hydrogen-bond acceptors (Lipinski definition) is 4. The van der Waals surface area contributed by atoms with Gasteiger partial charge in [0.05, 0.1) is 0 Å². The summed E-state index contributed by atoms with van der Waals surface area (Å²) >= 11 is 4.88. The molecular weight excluding hydrogens is 362 g/mol. The monoisotopic (exact) mass is 383 g/mol. The van der Waals surface area contributed by atoms with Crippen molar-refractivity contribution in [2.75, 3.05) is 26.7 Å². The van der Waals surface area contributed by atoms with Crippen LogP contribution in [0.2, 0.25) is 0 Å². The van der Waals surface area contributed by atoms with Crippen molar-refractivity contribution in [3.8, 4) is 0 Å². The van der Waals surface area contributed by atoms with E-state index < -0.39 is 10.2 Å². The molecule has 0 unspecified atom stereocenters. The Morgan fingerprint density at radius 1 is 1.40 bits per heavy atom. The summed E-state index contributed by atoms with van der Waals surface area (Å²) in [7, 11) is -1.79. The molecule has 8 heteroatoms. The lowest BCUT2D eigenvalue weighted by atomic mass is 10.4. The lowest BCUT2D eigenvalue weighted by molar-refractivity contribution is 0.444. The molecule has 1 aromatic rings. The topological polar surface area (TPSA) is 61.4 Å². The van der Waals surface area contributed by atoms with Crippen molar-refractivity contribution in [2.45, 2.75) is 26.3 Å². The van der Waals surface area contributed by atoms with Crippen molar-refractivity contribution in [1.29, 1.82) is 0 Å². The summed E-state index contributed by atoms with van der Waals surface area (Å²) in [5.74, 6) is 0. The van der Waals surface area contributed by atoms with E-state index in [0.29, 0.717) is 13.1 Å². The van der Waals surface area contributed by atoms with Gasteiger partial charge in [0.1, 0.15) is 0 Å². The Bertz CT molecular complexity index is 491. The van der Waals surface area contributed by atoms with Crippen LogP contribution < -0.4 is 10.0 Å². The maximum atomic E-state index is 12.0. The van der Waals surface area contributed by atoms with Crippen LogP contribution in [0.1, 0.15) is 24.6 Å². The van der Waals surface area contributed by atoms with E-state index in [1.807, 2.05) is 11.4 Å². The average Bonchev–Trinajstić information content (AvgIpc) is 2.82. The van der Waals surface area contributed by atoms with Crippen molar-refractivity contribution >= 4 is 37.5 Å². The zero-order valence-electron chi connectivity index (χ0n) is 11.9. The van der Waals surface area contributed by atoms with E-state index in [0.717, 1.165) is 35.3 Å². The highest BCUT2D eigenvalue weighted by Gasteiger charge is 2.16. The highest BCUT2D eigenvalue weighted by Crippen LogP contribution is 2.19. The number of halogens is 1. The standard InChI is InChI=1S/C12H22BrN3O2S2/c1-3-5-14-6-4-7-16(2)20(17,18)15-9-12-8-11(13)10-19-12/h8,10,14-15H,3-7,9H2,1-2H3. The Morgan fingerprint density at radius 2 is 2.15 bits per heavy atom. The lowest BCUT2D eigenvalue weighted by Crippen LogP contribution is -2.38. The van der Waals surface area contributed by atoms with E-state index >= 15 is 0 Å². The normalized spacial score (nSPS) is 12.2. The maximum Gasteiger partial charge on any atom is 0.279 e. The number of hydrogen-bond donors (Lipinski definition) is 2. The molecule has 0 aliphatic rings. The van der Waals surface area contributed by atoms with Crippen molar-refractivity contribution in [3.63, 3.8) is 0 Å². The molecule has 0 aromatic carbocycles. The van der Waals surface area contributed by atoms with Gasteiger partial charge in [-0.3, -0.25) is 0 Å². The molecule has 0 atom stereocenters. The second-order valence-electron chi connectivity index (χ2n) is 4.48. The molecule has 1 rings (SSSR count). The molecule has 0 radical (unpaired) electrons. The van der Waals surface area contributed by atoms with Crippen molar-refractivity contribution in [1.82, 2.24) is 14.3 Å². The van der Waals surface area contributed by atoms with Crippen molar-refractivity contribution in [3.05, 3.63) is 20.8 Å². The number of thiophene rings is 1. The van der Waals surface area contributed by atoms with Gasteiger partial charge >= 0.3 is 0 Å². The number of nitrogens with zero attached hydrogens (tertiary/aromatic N) is 1. The Balaban J connectivity index is 2.31. The lowest BCUT2D eigenvalue weighted by Gasteiger charge is -2.17. The molecule has 5 nitrogen and oxygen atoms in total. The largest absolute Gasteiger partial charge is 0.317 e. The van der Waals surface area contributed by atoms with Crippen LogP contribution in [-0.2, 0) is 16.8 Å². The van der Waals surface area contributed by atoms with Gasteiger partial charge in [-0.25, -0.2) is 0 Å². The minimum Gasteiger partial charge on any atom is -0.317 e. The Morgan fingerprint density at radius 3 is 2.75 bits per heavy atom. The predicted molar refractivity (Wildman–Crippen MR) is 88.2 cm³/mol. The molecule has 0 saturated heterocycles. The molecule has 1 heterocycles. The summed E-state index contributed by atoms with van der Waals surface area (Å²) < 4.78 is 29.0. The Kier molecular flexibility index (Phi) is 8.23. The molecule has 1 aromatic heterocycles. The first-order valence-electron chi connectivity index (χ1n) is 6.60. The first-order chi connectivity index (χ1) is 9.45. The van der Waals surface area contributed by atoms with Gasteiger partial charge in [0, 0.05) is 34.9 Å². The summed E-state index contributed by atoms with van der Waals surface area (Å²) in [5.41, 5.74) is 0. The summed E-state index contributed by atoms with van der Waals surface area (Å²) in [6.45, 7) is 4.77. The molecule has 0 spiro atoms. The van der Waals surface area contributed by atoms with Crippen molar-refractivity contribution in [2.24, 2.45) is 0 Å². The van der Waals surface area contributed by atoms with E-state index in [4.69, 9.17) is 0 Å². The first kappa shape index (κ1) is 18.1. The molecule has 116 valence electrons. The van der Waals surface area contributed by atoms with E-state index in [-0.39, 0.29) is 0 Å². The second-order valence-corrected chi connectivity index (χ2v) is 8.26. The molecule has 0 bridgehead atoms. The van der Waals surface area contributed by atoms with Gasteiger partial charge in [0.2, 0.25) is 0 Å². The van der Waals surface area contributed by atoms with E-state index in [1.54, 1.807) is 7.05 Å². The van der Waals surface area contributed by atoms with Gasteiger partial charge in [-0.1, -0.05) is 6.92 Å². The maximum absolute atomic E-state index is 12.0. The minimum atomic E-state index is -3.40. The zero-order chi connectivity index (χ0) is 15.0. The second kappa shape index (κ2) is 9.11. The van der Waals surface area contributed by atoms with E-state index in [9.17, 15) is 8.42 Å². The molecule has 2 N–H and O–H groups in total. The zero-order valence-corrected chi connectivity index (χ0v) is 15.1. The molecule has 0 amide bonds. The minimum absolute atomic E-state index is 0.330. The van der Waals surface area contributed by atoms with Gasteiger partial charge in [-0.15, -0.1) is 11.3 Å². The van der Waals surface area contributed by atoms with Crippen LogP contribution in [-0.4, -0.2) is 39.4 Å². The van der Waals surface area contributed by atoms with Crippen LogP contribution >= 0.6 is 27.3 Å². The SMILES string of the molecule is CCCNCCCN(C)S(=O)(=O)NCc1cc(Br)cs1. The number of rotatable bonds is 10. The predicted octanol–water partition coefficient (Wildman–Crippen LogP) is 2.17. The van der Waals surface area contributed by atoms with Crippen LogP contribution in [0.3, 0.4) is 0 Å². The third-order valence-corrected chi connectivity index (χ3v) is 5.92. The quantitative estimate of drug-likeness (QED) is 0.608. The molecule has 0 saturated carbocycles. The fourth-order valence-corrected chi connectivity index (χ4v) is 3.98. The average molecular weight is 384 g/mol. The highest BCUT2D eigenvalue weighted by molar-refractivity contribution is 9.10. The van der Waals surface area contributed by atoms with Crippen LogP contribution in [0, 0.1) is 0 Å². The highest BCUT2D eigenvalue weighted by atomic mass is 79.9. The Hall–Kier alpha value is 0.01000. The van der Waals surface area contributed by atoms with Gasteiger partial charge in [-0.2, -0.15) is 17.4 Å². The molecule has 20 heavy (non-hydrogen) atoms. The van der Waals surface area contributed by atoms with E-state index in [1.165, 1.54) is 15.6 Å². The van der Waals surface area contributed by atoms with Crippen LogP contribution in [0.25, 0.3) is 0 Å². The molecular formula is C12H22BrN3O2S2. The number of nitrogens with one attached hydrogen (secondary N) is 2. The van der Waals surface area contributed by atoms with Gasteiger partial charge in [-0.05, 0) is 47.9 Å². The smallest absolute Gasteiger partial charge is 0.279 e. The fraction of sp³-hybridized carbons (Fsp3) is 0.667. The van der Waals surface area contributed by atoms with E-state index in [2.05, 4.69) is 32.9 Å². The molecule has 0 aliphatic heterocycles. The Labute approximate surface area is 134 Å². The van der Waals surface area contributed by atoms with Gasteiger partial charge < -0.3 is 5.32 Å². The van der Waals surface area contributed by atoms with Gasteiger partial charge in [0.25, 0.3) is 10.2 Å². The summed E-state index contributed by atoms with van der Waals surface area (Å²) in [6.07, 6.45) is 1.90. The van der Waals surface area contributed by atoms with Gasteiger partial charge in [0.15, 0.2) is 0 Å². The third kappa shape index (κ3) is 6.64. The summed E-state index contributed by atoms with van der Waals surface area (Å²) in [5, 5.41) is 5.19. The summed E-state index contributed by atoms with van der Waals surface area (Å²) in [4.78, 5) is 0.985.